The number of H-pyrrole nitrogens is 1. The zero-order valence-electron chi connectivity index (χ0n) is 16.7. The minimum absolute atomic E-state index is 0.0633. The Morgan fingerprint density at radius 2 is 2.03 bits per heavy atom. The SMILES string of the molecule is O=C(CSc1[nH+]c2sc3c(c2c(=O)n1Cc1ccco1)CCC3)Nc1c(Cl)cccc1Cl. The van der Waals surface area contributed by atoms with Crippen molar-refractivity contribution >= 4 is 68.1 Å². The highest BCUT2D eigenvalue weighted by atomic mass is 35.5. The number of benzene rings is 1. The van der Waals surface area contributed by atoms with Gasteiger partial charge in [0, 0.05) is 4.88 Å². The average molecular weight is 507 g/mol. The minimum atomic E-state index is -0.274. The number of hydrogen-bond donors (Lipinski definition) is 1. The highest BCUT2D eigenvalue weighted by Crippen LogP contribution is 2.34. The van der Waals surface area contributed by atoms with E-state index in [1.165, 1.54) is 16.6 Å². The van der Waals surface area contributed by atoms with Gasteiger partial charge in [0.05, 0.1) is 27.7 Å². The number of rotatable bonds is 6. The van der Waals surface area contributed by atoms with E-state index in [0.29, 0.717) is 26.6 Å². The average Bonchev–Trinajstić information content (AvgIpc) is 3.49. The Hall–Kier alpha value is -2.26. The molecule has 1 amide bonds. The van der Waals surface area contributed by atoms with Crippen molar-refractivity contribution in [2.45, 2.75) is 31.0 Å². The monoisotopic (exact) mass is 506 g/mol. The Balaban J connectivity index is 1.46. The Morgan fingerprint density at radius 3 is 2.78 bits per heavy atom. The highest BCUT2D eigenvalue weighted by molar-refractivity contribution is 7.99. The summed E-state index contributed by atoms with van der Waals surface area (Å²) in [7, 11) is 0. The van der Waals surface area contributed by atoms with Gasteiger partial charge >= 0.3 is 10.7 Å². The number of carbonyl (C=O) groups is 1. The Kier molecular flexibility index (Phi) is 6.03. The molecule has 6 nitrogen and oxygen atoms in total. The molecule has 0 radical (unpaired) electrons. The summed E-state index contributed by atoms with van der Waals surface area (Å²) in [6.45, 7) is 0.281. The second-order valence-electron chi connectivity index (χ2n) is 7.40. The van der Waals surface area contributed by atoms with Gasteiger partial charge in [-0.2, -0.15) is 4.57 Å². The van der Waals surface area contributed by atoms with E-state index in [-0.39, 0.29) is 23.8 Å². The molecule has 2 N–H and O–H groups in total. The van der Waals surface area contributed by atoms with Crippen LogP contribution in [0, 0.1) is 0 Å². The number of nitrogens with zero attached hydrogens (tertiary/aromatic N) is 1. The van der Waals surface area contributed by atoms with E-state index in [0.717, 1.165) is 35.0 Å². The van der Waals surface area contributed by atoms with Crippen molar-refractivity contribution < 1.29 is 14.2 Å². The molecular weight excluding hydrogens is 489 g/mol. The Labute approximate surface area is 201 Å². The molecule has 32 heavy (non-hydrogen) atoms. The standard InChI is InChI=1S/C22H17Cl2N3O3S2/c23-14-6-2-7-15(24)19(14)25-17(28)11-31-22-26-20-18(13-5-1-8-16(13)32-20)21(29)27(22)10-12-4-3-9-30-12/h2-4,6-7,9H,1,5,8,10-11H2,(H,25,28)/p+1. The quantitative estimate of drug-likeness (QED) is 0.293. The predicted octanol–water partition coefficient (Wildman–Crippen LogP) is 5.04. The third kappa shape index (κ3) is 4.08. The Morgan fingerprint density at radius 1 is 1.22 bits per heavy atom. The van der Waals surface area contributed by atoms with Crippen molar-refractivity contribution in [3.05, 3.63) is 73.2 Å². The molecule has 164 valence electrons. The van der Waals surface area contributed by atoms with Crippen LogP contribution in [0.3, 0.4) is 0 Å². The number of halogens is 2. The molecule has 0 aliphatic heterocycles. The van der Waals surface area contributed by atoms with E-state index in [2.05, 4.69) is 10.3 Å². The van der Waals surface area contributed by atoms with Crippen LogP contribution in [0.15, 0.2) is 51.0 Å². The number of para-hydroxylation sites is 1. The second kappa shape index (κ2) is 8.94. The third-order valence-corrected chi connectivity index (χ3v) is 8.15. The molecule has 1 aromatic carbocycles. The second-order valence-corrected chi connectivity index (χ2v) is 10.3. The lowest BCUT2D eigenvalue weighted by atomic mass is 10.2. The van der Waals surface area contributed by atoms with Gasteiger partial charge in [0.25, 0.3) is 0 Å². The predicted molar refractivity (Wildman–Crippen MR) is 128 cm³/mol. The number of furan rings is 1. The van der Waals surface area contributed by atoms with Crippen LogP contribution >= 0.6 is 46.3 Å². The van der Waals surface area contributed by atoms with Crippen molar-refractivity contribution in [3.8, 4) is 0 Å². The van der Waals surface area contributed by atoms with Crippen molar-refractivity contribution in [3.63, 3.8) is 0 Å². The van der Waals surface area contributed by atoms with Crippen LogP contribution in [0.5, 0.6) is 0 Å². The molecule has 0 spiro atoms. The first kappa shape index (κ1) is 21.6. The van der Waals surface area contributed by atoms with Crippen LogP contribution in [-0.4, -0.2) is 16.2 Å². The molecule has 0 saturated heterocycles. The number of aromatic amines is 1. The van der Waals surface area contributed by atoms with Gasteiger partial charge in [-0.1, -0.05) is 40.6 Å². The molecule has 0 unspecified atom stereocenters. The number of nitrogens with one attached hydrogen (secondary N) is 2. The van der Waals surface area contributed by atoms with E-state index in [1.807, 2.05) is 6.07 Å². The van der Waals surface area contributed by atoms with Crippen molar-refractivity contribution in [1.82, 2.24) is 4.57 Å². The molecule has 4 aromatic rings. The summed E-state index contributed by atoms with van der Waals surface area (Å²) >= 11 is 15.2. The molecule has 5 rings (SSSR count). The van der Waals surface area contributed by atoms with Crippen LogP contribution in [0.4, 0.5) is 5.69 Å². The van der Waals surface area contributed by atoms with Crippen LogP contribution in [0.25, 0.3) is 10.2 Å². The summed E-state index contributed by atoms with van der Waals surface area (Å²) in [5.74, 6) is 0.469. The topological polar surface area (TPSA) is 78.4 Å². The molecule has 0 fully saturated rings. The van der Waals surface area contributed by atoms with Gasteiger partial charge in [0.2, 0.25) is 5.91 Å². The van der Waals surface area contributed by atoms with Crippen molar-refractivity contribution in [2.75, 3.05) is 11.1 Å². The van der Waals surface area contributed by atoms with Crippen LogP contribution in [-0.2, 0) is 24.2 Å². The minimum Gasteiger partial charge on any atom is -0.465 e. The number of anilines is 1. The van der Waals surface area contributed by atoms with Crippen LogP contribution in [0.1, 0.15) is 22.6 Å². The fourth-order valence-electron chi connectivity index (χ4n) is 3.85. The number of fused-ring (bicyclic) bond motifs is 3. The van der Waals surface area contributed by atoms with Gasteiger partial charge in [0.15, 0.2) is 11.4 Å². The number of aromatic nitrogens is 2. The largest absolute Gasteiger partial charge is 0.465 e. The van der Waals surface area contributed by atoms with Gasteiger partial charge in [0.1, 0.15) is 11.1 Å². The summed E-state index contributed by atoms with van der Waals surface area (Å²) in [4.78, 5) is 31.6. The van der Waals surface area contributed by atoms with E-state index in [9.17, 15) is 9.59 Å². The van der Waals surface area contributed by atoms with E-state index >= 15 is 0 Å². The molecule has 3 heterocycles. The molecule has 1 aliphatic carbocycles. The summed E-state index contributed by atoms with van der Waals surface area (Å²) in [6, 6.07) is 8.66. The first-order chi connectivity index (χ1) is 15.5. The number of hydrogen-bond acceptors (Lipinski definition) is 5. The highest BCUT2D eigenvalue weighted by Gasteiger charge is 2.28. The number of amides is 1. The Bertz CT molecular complexity index is 1360. The van der Waals surface area contributed by atoms with Gasteiger partial charge in [-0.3, -0.25) is 4.79 Å². The number of aryl methyl sites for hydroxylation is 2. The summed E-state index contributed by atoms with van der Waals surface area (Å²) in [5.41, 5.74) is 1.47. The molecule has 1 aliphatic rings. The molecule has 0 saturated carbocycles. The smallest absolute Gasteiger partial charge is 0.347 e. The lowest BCUT2D eigenvalue weighted by Gasteiger charge is -2.09. The molecule has 0 bridgehead atoms. The maximum absolute atomic E-state index is 13.5. The van der Waals surface area contributed by atoms with Crippen LogP contribution in [0.2, 0.25) is 10.0 Å². The van der Waals surface area contributed by atoms with E-state index in [1.54, 1.807) is 46.4 Å². The normalized spacial score (nSPS) is 12.9. The van der Waals surface area contributed by atoms with Gasteiger partial charge in [-0.15, -0.1) is 0 Å². The maximum atomic E-state index is 13.5. The summed E-state index contributed by atoms with van der Waals surface area (Å²) < 4.78 is 7.12. The first-order valence-electron chi connectivity index (χ1n) is 10.0. The number of thiophene rings is 1. The fourth-order valence-corrected chi connectivity index (χ4v) is 6.51. The van der Waals surface area contributed by atoms with Crippen molar-refractivity contribution in [2.24, 2.45) is 0 Å². The number of carbonyl (C=O) groups excluding carboxylic acids is 1. The number of thioether (sulfide) groups is 1. The zero-order valence-corrected chi connectivity index (χ0v) is 19.9. The van der Waals surface area contributed by atoms with Gasteiger partial charge in [-0.25, -0.2) is 9.78 Å². The van der Waals surface area contributed by atoms with Gasteiger partial charge < -0.3 is 9.73 Å². The fraction of sp³-hybridized carbons (Fsp3) is 0.227. The molecule has 3 aromatic heterocycles. The molecule has 10 heteroatoms. The zero-order chi connectivity index (χ0) is 22.2. The van der Waals surface area contributed by atoms with Crippen molar-refractivity contribution in [1.29, 1.82) is 0 Å². The summed E-state index contributed by atoms with van der Waals surface area (Å²) in [6.07, 6.45) is 4.59. The van der Waals surface area contributed by atoms with E-state index in [4.69, 9.17) is 27.6 Å². The van der Waals surface area contributed by atoms with Gasteiger partial charge in [-0.05, 0) is 60.9 Å². The maximum Gasteiger partial charge on any atom is 0.347 e. The molecule has 0 atom stereocenters. The third-order valence-electron chi connectivity index (χ3n) is 5.31. The van der Waals surface area contributed by atoms with E-state index < -0.39 is 0 Å². The molecular formula is C22H18Cl2N3O3S2+. The lowest BCUT2D eigenvalue weighted by Crippen LogP contribution is -2.30. The summed E-state index contributed by atoms with van der Waals surface area (Å²) in [5, 5.41) is 4.84. The van der Waals surface area contributed by atoms with Crippen LogP contribution < -0.4 is 15.9 Å². The lowest BCUT2D eigenvalue weighted by molar-refractivity contribution is -0.404. The first-order valence-corrected chi connectivity index (χ1v) is 12.6.